The summed E-state index contributed by atoms with van der Waals surface area (Å²) in [6.45, 7) is 8.30. The van der Waals surface area contributed by atoms with Gasteiger partial charge in [0.25, 0.3) is 0 Å². The molecule has 0 aliphatic rings. The zero-order valence-corrected chi connectivity index (χ0v) is 14.5. The lowest BCUT2D eigenvalue weighted by atomic mass is 9.99. The van der Waals surface area contributed by atoms with Crippen molar-refractivity contribution in [1.82, 2.24) is 0 Å². The van der Waals surface area contributed by atoms with E-state index >= 15 is 0 Å². The molecule has 120 valence electrons. The molecule has 0 amide bonds. The highest BCUT2D eigenvalue weighted by atomic mass is 16.1. The molecule has 1 aromatic rings. The minimum atomic E-state index is 0.300. The van der Waals surface area contributed by atoms with Crippen LogP contribution in [0.15, 0.2) is 36.4 Å². The lowest BCUT2D eigenvalue weighted by molar-refractivity contribution is -0.117. The van der Waals surface area contributed by atoms with Gasteiger partial charge in [-0.1, -0.05) is 63.3 Å². The molecule has 0 spiro atoms. The molecule has 1 heteroatoms. The van der Waals surface area contributed by atoms with E-state index in [0.717, 1.165) is 25.7 Å². The number of hydrogen-bond donors (Lipinski definition) is 0. The zero-order valence-electron chi connectivity index (χ0n) is 14.5. The summed E-state index contributed by atoms with van der Waals surface area (Å²) in [4.78, 5) is 10.9. The van der Waals surface area contributed by atoms with Gasteiger partial charge in [-0.25, -0.2) is 0 Å². The first-order valence-electron chi connectivity index (χ1n) is 8.41. The zero-order chi connectivity index (χ0) is 16.4. The standard InChI is InChI=1S/C21H30O/c1-17(2)14-15-21-13-7-12-20(16-21)11-6-9-18(3)8-5-10-19(4)22/h6-7,11-18H,5,8-10H2,1-4H3/b11-6+,15-14+. The Morgan fingerprint density at radius 3 is 2.45 bits per heavy atom. The largest absolute Gasteiger partial charge is 0.300 e. The van der Waals surface area contributed by atoms with Gasteiger partial charge in [-0.2, -0.15) is 0 Å². The number of allylic oxidation sites excluding steroid dienone is 2. The quantitative estimate of drug-likeness (QED) is 0.534. The molecule has 0 bridgehead atoms. The first kappa shape index (κ1) is 18.4. The van der Waals surface area contributed by atoms with Crippen molar-refractivity contribution in [2.24, 2.45) is 11.8 Å². The molecular formula is C21H30O. The molecular weight excluding hydrogens is 268 g/mol. The van der Waals surface area contributed by atoms with Crippen LogP contribution in [0.25, 0.3) is 12.2 Å². The van der Waals surface area contributed by atoms with Gasteiger partial charge in [0.15, 0.2) is 0 Å². The van der Waals surface area contributed by atoms with Gasteiger partial charge in [-0.15, -0.1) is 0 Å². The Labute approximate surface area is 136 Å². The van der Waals surface area contributed by atoms with Crippen molar-refractivity contribution in [3.63, 3.8) is 0 Å². The highest BCUT2D eigenvalue weighted by Crippen LogP contribution is 2.15. The van der Waals surface area contributed by atoms with E-state index in [-0.39, 0.29) is 0 Å². The van der Waals surface area contributed by atoms with E-state index in [2.05, 4.69) is 69.3 Å². The van der Waals surface area contributed by atoms with Crippen molar-refractivity contribution >= 4 is 17.9 Å². The molecule has 0 aromatic heterocycles. The van der Waals surface area contributed by atoms with Crippen LogP contribution in [0.1, 0.15) is 64.5 Å². The highest BCUT2D eigenvalue weighted by molar-refractivity contribution is 5.75. The third-order valence-electron chi connectivity index (χ3n) is 3.66. The van der Waals surface area contributed by atoms with E-state index in [9.17, 15) is 4.79 Å². The van der Waals surface area contributed by atoms with Crippen LogP contribution >= 0.6 is 0 Å². The van der Waals surface area contributed by atoms with Gasteiger partial charge in [0.1, 0.15) is 5.78 Å². The lowest BCUT2D eigenvalue weighted by Gasteiger charge is -2.07. The molecule has 0 N–H and O–H groups in total. The summed E-state index contributed by atoms with van der Waals surface area (Å²) in [5, 5.41) is 0. The van der Waals surface area contributed by atoms with Crippen LogP contribution in [0.4, 0.5) is 0 Å². The van der Waals surface area contributed by atoms with Crippen molar-refractivity contribution in [2.45, 2.75) is 53.4 Å². The maximum Gasteiger partial charge on any atom is 0.129 e. The molecule has 0 aliphatic heterocycles. The van der Waals surface area contributed by atoms with Gasteiger partial charge < -0.3 is 4.79 Å². The number of Topliss-reactive ketones (excluding diaryl/α,β-unsaturated/α-hetero) is 1. The van der Waals surface area contributed by atoms with Crippen LogP contribution in [0.5, 0.6) is 0 Å². The van der Waals surface area contributed by atoms with Crippen LogP contribution in [0.2, 0.25) is 0 Å². The maximum absolute atomic E-state index is 10.9. The molecule has 0 saturated heterocycles. The second-order valence-corrected chi connectivity index (χ2v) is 6.61. The van der Waals surface area contributed by atoms with Gasteiger partial charge in [0.2, 0.25) is 0 Å². The maximum atomic E-state index is 10.9. The fraction of sp³-hybridized carbons (Fsp3) is 0.476. The minimum Gasteiger partial charge on any atom is -0.300 e. The average Bonchev–Trinajstić information content (AvgIpc) is 2.45. The molecule has 1 rings (SSSR count). The first-order valence-corrected chi connectivity index (χ1v) is 8.41. The van der Waals surface area contributed by atoms with Crippen molar-refractivity contribution in [1.29, 1.82) is 0 Å². The van der Waals surface area contributed by atoms with E-state index in [1.807, 2.05) is 0 Å². The number of benzene rings is 1. The molecule has 0 heterocycles. The summed E-state index contributed by atoms with van der Waals surface area (Å²) in [5.74, 6) is 1.52. The van der Waals surface area contributed by atoms with E-state index < -0.39 is 0 Å². The minimum absolute atomic E-state index is 0.300. The number of ketones is 1. The molecule has 1 aromatic carbocycles. The van der Waals surface area contributed by atoms with Crippen molar-refractivity contribution < 1.29 is 4.79 Å². The van der Waals surface area contributed by atoms with Crippen LogP contribution < -0.4 is 0 Å². The van der Waals surface area contributed by atoms with Crippen LogP contribution in [-0.2, 0) is 4.79 Å². The Morgan fingerprint density at radius 1 is 1.14 bits per heavy atom. The summed E-state index contributed by atoms with van der Waals surface area (Å²) in [6, 6.07) is 8.61. The van der Waals surface area contributed by atoms with Crippen molar-refractivity contribution in [2.75, 3.05) is 0 Å². The Bertz CT molecular complexity index is 508. The van der Waals surface area contributed by atoms with Crippen molar-refractivity contribution in [3.05, 3.63) is 47.5 Å². The third kappa shape index (κ3) is 8.61. The third-order valence-corrected chi connectivity index (χ3v) is 3.66. The monoisotopic (exact) mass is 298 g/mol. The Balaban J connectivity index is 2.45. The fourth-order valence-electron chi connectivity index (χ4n) is 2.32. The topological polar surface area (TPSA) is 17.1 Å². The molecule has 22 heavy (non-hydrogen) atoms. The molecule has 0 radical (unpaired) electrons. The van der Waals surface area contributed by atoms with Crippen LogP contribution in [0.3, 0.4) is 0 Å². The SMILES string of the molecule is CC(=O)CCCC(C)C/C=C/c1cccc(/C=C/C(C)C)c1. The second kappa shape index (κ2) is 10.2. The summed E-state index contributed by atoms with van der Waals surface area (Å²) < 4.78 is 0. The normalized spacial score (nSPS) is 13.3. The van der Waals surface area contributed by atoms with E-state index in [0.29, 0.717) is 17.6 Å². The highest BCUT2D eigenvalue weighted by Gasteiger charge is 2.01. The predicted molar refractivity (Wildman–Crippen MR) is 97.7 cm³/mol. The van der Waals surface area contributed by atoms with Gasteiger partial charge in [-0.05, 0) is 55.2 Å². The molecule has 1 nitrogen and oxygen atoms in total. The van der Waals surface area contributed by atoms with Crippen LogP contribution in [0, 0.1) is 11.8 Å². The molecule has 1 unspecified atom stereocenters. The van der Waals surface area contributed by atoms with Crippen molar-refractivity contribution in [3.8, 4) is 0 Å². The van der Waals surface area contributed by atoms with E-state index in [4.69, 9.17) is 0 Å². The molecule has 1 atom stereocenters. The number of hydrogen-bond acceptors (Lipinski definition) is 1. The van der Waals surface area contributed by atoms with Gasteiger partial charge in [-0.3, -0.25) is 0 Å². The summed E-state index contributed by atoms with van der Waals surface area (Å²) in [7, 11) is 0. The smallest absolute Gasteiger partial charge is 0.129 e. The van der Waals surface area contributed by atoms with Gasteiger partial charge >= 0.3 is 0 Å². The number of carbonyl (C=O) groups is 1. The number of rotatable bonds is 9. The summed E-state index contributed by atoms with van der Waals surface area (Å²) >= 11 is 0. The van der Waals surface area contributed by atoms with Gasteiger partial charge in [0.05, 0.1) is 0 Å². The first-order chi connectivity index (χ1) is 10.5. The Hall–Kier alpha value is -1.63. The molecule has 0 saturated carbocycles. The molecule has 0 fully saturated rings. The van der Waals surface area contributed by atoms with E-state index in [1.54, 1.807) is 6.92 Å². The summed E-state index contributed by atoms with van der Waals surface area (Å²) in [6.07, 6.45) is 12.8. The van der Waals surface area contributed by atoms with E-state index in [1.165, 1.54) is 11.1 Å². The Morgan fingerprint density at radius 2 is 1.82 bits per heavy atom. The Kier molecular flexibility index (Phi) is 8.50. The molecule has 0 aliphatic carbocycles. The van der Waals surface area contributed by atoms with Crippen LogP contribution in [-0.4, -0.2) is 5.78 Å². The number of carbonyl (C=O) groups excluding carboxylic acids is 1. The fourth-order valence-corrected chi connectivity index (χ4v) is 2.32. The average molecular weight is 298 g/mol. The summed E-state index contributed by atoms with van der Waals surface area (Å²) in [5.41, 5.74) is 2.51. The van der Waals surface area contributed by atoms with Gasteiger partial charge in [0, 0.05) is 6.42 Å². The predicted octanol–water partition coefficient (Wildman–Crippen LogP) is 6.15. The lowest BCUT2D eigenvalue weighted by Crippen LogP contribution is -1.96. The second-order valence-electron chi connectivity index (χ2n) is 6.61.